The van der Waals surface area contributed by atoms with Gasteiger partial charge in [-0.2, -0.15) is 0 Å². The molecule has 0 saturated carbocycles. The first kappa shape index (κ1) is 24.6. The third kappa shape index (κ3) is 5.05. The molecule has 10 heteroatoms. The van der Waals surface area contributed by atoms with E-state index in [0.29, 0.717) is 48.0 Å². The molecule has 5 rings (SSSR count). The van der Waals surface area contributed by atoms with E-state index in [1.807, 2.05) is 6.07 Å². The third-order valence-electron chi connectivity index (χ3n) is 6.07. The van der Waals surface area contributed by atoms with E-state index < -0.39 is 27.4 Å². The average Bonchev–Trinajstić information content (AvgIpc) is 3.23. The van der Waals surface area contributed by atoms with Gasteiger partial charge in [-0.05, 0) is 0 Å². The van der Waals surface area contributed by atoms with Gasteiger partial charge < -0.3 is 0 Å². The number of hydrogen-bond acceptors (Lipinski definition) is 6. The molecule has 0 saturated heterocycles. The van der Waals surface area contributed by atoms with Crippen LogP contribution in [-0.4, -0.2) is 40.2 Å². The summed E-state index contributed by atoms with van der Waals surface area (Å²) in [4.78, 5) is 21.1. The number of carbonyl (C=O) groups is 1. The van der Waals surface area contributed by atoms with Crippen LogP contribution in [0.1, 0.15) is 35.8 Å². The van der Waals surface area contributed by atoms with E-state index in [1.54, 1.807) is 24.5 Å². The number of halogens is 2. The number of amides is 1. The summed E-state index contributed by atoms with van der Waals surface area (Å²) in [7, 11) is 1.41. The van der Waals surface area contributed by atoms with Crippen molar-refractivity contribution in [2.45, 2.75) is 30.2 Å². The van der Waals surface area contributed by atoms with Crippen molar-refractivity contribution in [3.05, 3.63) is 65.4 Å². The average molecular weight is 605 g/mol. The summed E-state index contributed by atoms with van der Waals surface area (Å²) in [5, 5.41) is 6.38. The molecular weight excluding hydrogens is 578 g/mol. The Kier molecular flexibility index (Phi) is 7.42. The van der Waals surface area contributed by atoms with E-state index >= 15 is 0 Å². The second-order valence-corrected chi connectivity index (χ2v) is 11.2. The van der Waals surface area contributed by atoms with Crippen LogP contribution in [0.5, 0.6) is 11.5 Å². The van der Waals surface area contributed by atoms with Crippen LogP contribution in [0.15, 0.2) is 48.3 Å². The molecule has 3 N–H and O–H groups in total. The SMILES string of the molecule is COc1c(F)cccc1Nc1c2[nH]c3c1C(=O)NC(C3)[I-]OCC/C(C)=C/CCOc1cnccc1-2. The Morgan fingerprint density at radius 2 is 2.17 bits per heavy atom. The third-order valence-corrected chi connectivity index (χ3v) is 8.24. The maximum absolute atomic E-state index is 14.5. The first-order valence-electron chi connectivity index (χ1n) is 11.7. The molecule has 3 bridgehead atoms. The molecule has 1 aromatic carbocycles. The number of nitrogens with one attached hydrogen (secondary N) is 3. The number of H-pyrrole nitrogens is 1. The first-order chi connectivity index (χ1) is 17.5. The number of nitrogens with zero attached hydrogens (tertiary/aromatic N) is 1. The topological polar surface area (TPSA) is 97.5 Å². The summed E-state index contributed by atoms with van der Waals surface area (Å²) in [6.45, 7) is 3.20. The minimum atomic E-state index is -0.705. The molecule has 4 heterocycles. The van der Waals surface area contributed by atoms with Gasteiger partial charge in [-0.1, -0.05) is 0 Å². The molecule has 1 atom stereocenters. The van der Waals surface area contributed by atoms with Gasteiger partial charge >= 0.3 is 220 Å². The molecule has 190 valence electrons. The predicted molar refractivity (Wildman–Crippen MR) is 130 cm³/mol. The number of pyridine rings is 1. The standard InChI is InChI=1S/C26H27FIN4O4/c1-15-5-4-11-35-20-14-29-10-8-16(20)23-24(30-18-7-3-6-17(27)25(18)34-2)22-19(31-23)13-21(32-26(22)33)28-36-12-9-15/h3,5-8,10,14,21,30-31H,4,9,11-13H2,1-2H3,(H,32,33)/q-1/b15-5+. The molecule has 2 aliphatic rings. The number of para-hydroxylation sites is 1. The molecule has 2 aromatic heterocycles. The second-order valence-electron chi connectivity index (χ2n) is 8.53. The number of hydrogen-bond donors (Lipinski definition) is 3. The minimum absolute atomic E-state index is 0.0581. The maximum atomic E-state index is 14.5. The van der Waals surface area contributed by atoms with Crippen LogP contribution >= 0.6 is 0 Å². The van der Waals surface area contributed by atoms with Gasteiger partial charge in [0.2, 0.25) is 0 Å². The van der Waals surface area contributed by atoms with Crippen molar-refractivity contribution in [1.29, 1.82) is 0 Å². The number of ether oxygens (including phenoxy) is 2. The summed E-state index contributed by atoms with van der Waals surface area (Å²) < 4.78 is 31.8. The number of methoxy groups -OCH3 is 1. The number of aromatic amines is 1. The summed E-state index contributed by atoms with van der Waals surface area (Å²) >= 11 is -0.705. The van der Waals surface area contributed by atoms with Crippen LogP contribution in [0.25, 0.3) is 11.3 Å². The van der Waals surface area contributed by atoms with E-state index in [1.165, 1.54) is 18.7 Å². The Morgan fingerprint density at radius 3 is 3.03 bits per heavy atom. The molecule has 0 radical (unpaired) electrons. The Bertz CT molecular complexity index is 1310. The van der Waals surface area contributed by atoms with E-state index in [4.69, 9.17) is 12.5 Å². The van der Waals surface area contributed by atoms with Crippen molar-refractivity contribution >= 4 is 17.3 Å². The van der Waals surface area contributed by atoms with Gasteiger partial charge in [-0.15, -0.1) is 0 Å². The fourth-order valence-electron chi connectivity index (χ4n) is 4.33. The molecule has 2 aliphatic heterocycles. The first-order valence-corrected chi connectivity index (χ1v) is 13.8. The summed E-state index contributed by atoms with van der Waals surface area (Å²) in [5.41, 5.74) is 4.89. The molecule has 1 amide bonds. The molecule has 8 nitrogen and oxygen atoms in total. The fourth-order valence-corrected chi connectivity index (χ4v) is 6.27. The van der Waals surface area contributed by atoms with Gasteiger partial charge in [0.15, 0.2) is 0 Å². The molecule has 1 unspecified atom stereocenters. The van der Waals surface area contributed by atoms with Crippen molar-refractivity contribution in [2.24, 2.45) is 0 Å². The number of benzene rings is 1. The van der Waals surface area contributed by atoms with Crippen LogP contribution in [0, 0.1) is 5.82 Å². The van der Waals surface area contributed by atoms with Crippen LogP contribution < -0.4 is 41.7 Å². The van der Waals surface area contributed by atoms with Crippen LogP contribution in [0.3, 0.4) is 0 Å². The van der Waals surface area contributed by atoms with Crippen molar-refractivity contribution < 1.29 is 43.3 Å². The van der Waals surface area contributed by atoms with Crippen molar-refractivity contribution in [3.8, 4) is 22.8 Å². The zero-order valence-corrected chi connectivity index (χ0v) is 22.1. The van der Waals surface area contributed by atoms with Gasteiger partial charge in [0.05, 0.1) is 0 Å². The van der Waals surface area contributed by atoms with E-state index in [0.717, 1.165) is 24.1 Å². The van der Waals surface area contributed by atoms with Crippen molar-refractivity contribution in [1.82, 2.24) is 15.3 Å². The molecule has 0 spiro atoms. The zero-order chi connectivity index (χ0) is 25.1. The molecule has 0 aliphatic carbocycles. The van der Waals surface area contributed by atoms with E-state index in [-0.39, 0.29) is 15.7 Å². The van der Waals surface area contributed by atoms with Crippen LogP contribution in [0.4, 0.5) is 15.8 Å². The Labute approximate surface area is 219 Å². The van der Waals surface area contributed by atoms with Crippen molar-refractivity contribution in [3.63, 3.8) is 0 Å². The molecule has 0 fully saturated rings. The van der Waals surface area contributed by atoms with E-state index in [9.17, 15) is 9.18 Å². The summed E-state index contributed by atoms with van der Waals surface area (Å²) in [5.74, 6) is -0.0433. The number of alkyl halides is 1. The van der Waals surface area contributed by atoms with Crippen molar-refractivity contribution in [2.75, 3.05) is 25.6 Å². The molecule has 3 aromatic rings. The fraction of sp³-hybridized carbons (Fsp3) is 0.308. The van der Waals surface area contributed by atoms with Gasteiger partial charge in [-0.3, -0.25) is 0 Å². The van der Waals surface area contributed by atoms with Gasteiger partial charge in [0, 0.05) is 0 Å². The zero-order valence-electron chi connectivity index (χ0n) is 20.0. The summed E-state index contributed by atoms with van der Waals surface area (Å²) in [6.07, 6.45) is 7.72. The number of anilines is 2. The van der Waals surface area contributed by atoms with Crippen LogP contribution in [0.2, 0.25) is 0 Å². The van der Waals surface area contributed by atoms with Crippen LogP contribution in [-0.2, 0) is 9.49 Å². The number of aromatic nitrogens is 2. The van der Waals surface area contributed by atoms with E-state index in [2.05, 4.69) is 33.6 Å². The summed E-state index contributed by atoms with van der Waals surface area (Å²) in [6, 6.07) is 6.48. The number of rotatable bonds is 3. The molecule has 36 heavy (non-hydrogen) atoms. The molecular formula is C26H27FIN4O4-. The number of fused-ring (bicyclic) bond motifs is 4. The van der Waals surface area contributed by atoms with Gasteiger partial charge in [-0.25, -0.2) is 0 Å². The Morgan fingerprint density at radius 1 is 1.28 bits per heavy atom. The Balaban J connectivity index is 1.63. The second kappa shape index (κ2) is 10.9. The van der Waals surface area contributed by atoms with Gasteiger partial charge in [0.25, 0.3) is 0 Å². The predicted octanol–water partition coefficient (Wildman–Crippen LogP) is 1.72. The monoisotopic (exact) mass is 605 g/mol. The Hall–Kier alpha value is -3.12. The quantitative estimate of drug-likeness (QED) is 0.182. The normalized spacial score (nSPS) is 19.7. The number of carbonyl (C=O) groups excluding carboxylic acids is 1. The van der Waals surface area contributed by atoms with Gasteiger partial charge in [0.1, 0.15) is 0 Å².